The maximum atomic E-state index is 12.4. The predicted octanol–water partition coefficient (Wildman–Crippen LogP) is 6.58. The van der Waals surface area contributed by atoms with Crippen molar-refractivity contribution in [3.63, 3.8) is 0 Å². The summed E-state index contributed by atoms with van der Waals surface area (Å²) < 4.78 is 43.5. The fourth-order valence-electron chi connectivity index (χ4n) is 7.47. The summed E-state index contributed by atoms with van der Waals surface area (Å²) in [5.41, 5.74) is 3.77. The van der Waals surface area contributed by atoms with Gasteiger partial charge in [-0.25, -0.2) is 4.98 Å². The number of aromatic nitrogens is 2. The van der Waals surface area contributed by atoms with Crippen molar-refractivity contribution in [3.8, 4) is 0 Å². The second-order valence-electron chi connectivity index (χ2n) is 14.5. The number of halogens is 2. The van der Waals surface area contributed by atoms with Crippen molar-refractivity contribution in [2.45, 2.75) is 102 Å². The summed E-state index contributed by atoms with van der Waals surface area (Å²) in [6, 6.07) is 24.7. The van der Waals surface area contributed by atoms with Gasteiger partial charge < -0.3 is 48.1 Å². The molecule has 2 N–H and O–H groups in total. The summed E-state index contributed by atoms with van der Waals surface area (Å²) in [5.74, 6) is -3.15. The van der Waals surface area contributed by atoms with Crippen molar-refractivity contribution < 1.29 is 57.4 Å². The number of aliphatic hydroxyl groups is 1. The average Bonchev–Trinajstić information content (AvgIpc) is 3.54. The molecule has 3 aromatic carbocycles. The topological polar surface area (TPSA) is 183 Å². The summed E-state index contributed by atoms with van der Waals surface area (Å²) in [5, 5.41) is 13.4. The highest BCUT2D eigenvalue weighted by Gasteiger charge is 2.52. The first-order valence-electron chi connectivity index (χ1n) is 19.3. The van der Waals surface area contributed by atoms with Gasteiger partial charge in [-0.05, 0) is 28.8 Å². The minimum Gasteiger partial charge on any atom is -0.463 e. The summed E-state index contributed by atoms with van der Waals surface area (Å²) in [6.07, 6.45) is -6.53. The lowest BCUT2D eigenvalue weighted by atomic mass is 9.83. The number of carbonyl (C=O) groups is 4. The van der Waals surface area contributed by atoms with Crippen molar-refractivity contribution >= 4 is 70.0 Å². The van der Waals surface area contributed by atoms with Crippen molar-refractivity contribution in [3.05, 3.63) is 118 Å². The first-order valence-corrected chi connectivity index (χ1v) is 20.5. The zero-order valence-corrected chi connectivity index (χ0v) is 35.9. The Labute approximate surface area is 367 Å². The number of aliphatic hydroxyl groups excluding tert-OH is 1. The number of ether oxygens (including phenoxy) is 7. The van der Waals surface area contributed by atoms with Gasteiger partial charge in [0.1, 0.15) is 24.0 Å². The minimum absolute atomic E-state index is 0.0734. The van der Waals surface area contributed by atoms with E-state index in [1.165, 1.54) is 13.8 Å². The Morgan fingerprint density at radius 2 is 1.39 bits per heavy atom. The molecular formula is C43H45Cl2N3O12S. The number of anilines is 1. The Hall–Kier alpha value is -4.94. The zero-order valence-electron chi connectivity index (χ0n) is 33.6. The molecule has 324 valence electrons. The van der Waals surface area contributed by atoms with Crippen molar-refractivity contribution in [2.75, 3.05) is 11.9 Å². The third kappa shape index (κ3) is 11.7. The minimum atomic E-state index is -1.33. The molecule has 2 fully saturated rings. The lowest BCUT2D eigenvalue weighted by molar-refractivity contribution is -0.263. The molecule has 2 aliphatic rings. The SMILES string of the molecule is CC(=O)OC[C@H]1O[C@@H](CC(=S)Nc2cccc(C3O[C@H](Cn4cnc(Cl)c4Cl)[C@@H](c4ccccc4)[C@H](c4ccc(CO)cc4)O3)c2)[C@H](OC(C)=O)[C@@H](OC(C)=O)[C@@H]1OC(C)=O. The zero-order chi connectivity index (χ0) is 43.8. The molecule has 15 nitrogen and oxygen atoms in total. The number of esters is 4. The third-order valence-corrected chi connectivity index (χ3v) is 11.0. The van der Waals surface area contributed by atoms with E-state index in [9.17, 15) is 24.3 Å². The van der Waals surface area contributed by atoms with Crippen molar-refractivity contribution in [1.29, 1.82) is 0 Å². The van der Waals surface area contributed by atoms with Gasteiger partial charge in [0, 0.05) is 51.3 Å². The third-order valence-electron chi connectivity index (χ3n) is 10.00. The van der Waals surface area contributed by atoms with E-state index in [2.05, 4.69) is 10.3 Å². The lowest BCUT2D eigenvalue weighted by Gasteiger charge is -2.44. The Morgan fingerprint density at radius 1 is 0.754 bits per heavy atom. The summed E-state index contributed by atoms with van der Waals surface area (Å²) in [6.45, 7) is 4.48. The van der Waals surface area contributed by atoms with Gasteiger partial charge in [-0.1, -0.05) is 102 Å². The number of benzene rings is 3. The van der Waals surface area contributed by atoms with Gasteiger partial charge in [0.05, 0.1) is 36.7 Å². The monoisotopic (exact) mass is 897 g/mol. The largest absolute Gasteiger partial charge is 0.463 e. The van der Waals surface area contributed by atoms with Crippen LogP contribution in [-0.2, 0) is 65.5 Å². The number of hydrogen-bond acceptors (Lipinski definition) is 14. The Balaban J connectivity index is 1.29. The van der Waals surface area contributed by atoms with Crippen LogP contribution < -0.4 is 5.32 Å². The quantitative estimate of drug-likeness (QED) is 0.0786. The smallest absolute Gasteiger partial charge is 0.303 e. The van der Waals surface area contributed by atoms with Crippen LogP contribution in [0.1, 0.15) is 74.7 Å². The van der Waals surface area contributed by atoms with Gasteiger partial charge in [0.2, 0.25) is 0 Å². The van der Waals surface area contributed by atoms with E-state index in [0.717, 1.165) is 30.5 Å². The summed E-state index contributed by atoms with van der Waals surface area (Å²) in [7, 11) is 0. The van der Waals surface area contributed by atoms with Crippen molar-refractivity contribution in [1.82, 2.24) is 9.55 Å². The van der Waals surface area contributed by atoms with E-state index in [1.54, 1.807) is 23.0 Å². The number of imidazole rings is 1. The van der Waals surface area contributed by atoms with Crippen LogP contribution in [0.3, 0.4) is 0 Å². The molecule has 0 saturated carbocycles. The second-order valence-corrected chi connectivity index (χ2v) is 15.7. The molecule has 0 radical (unpaired) electrons. The molecule has 0 aliphatic carbocycles. The molecule has 0 bridgehead atoms. The van der Waals surface area contributed by atoms with Crippen LogP contribution >= 0.6 is 35.4 Å². The predicted molar refractivity (Wildman–Crippen MR) is 224 cm³/mol. The average molecular weight is 899 g/mol. The van der Waals surface area contributed by atoms with Gasteiger partial charge in [-0.15, -0.1) is 0 Å². The molecule has 1 aromatic heterocycles. The highest BCUT2D eigenvalue weighted by atomic mass is 35.5. The van der Waals surface area contributed by atoms with Crippen LogP contribution in [-0.4, -0.2) is 86.8 Å². The Morgan fingerprint density at radius 3 is 2.00 bits per heavy atom. The molecule has 0 spiro atoms. The molecular weight excluding hydrogens is 853 g/mol. The maximum Gasteiger partial charge on any atom is 0.303 e. The van der Waals surface area contributed by atoms with Gasteiger partial charge >= 0.3 is 23.9 Å². The van der Waals surface area contributed by atoms with E-state index in [4.69, 9.17) is 68.6 Å². The first kappa shape index (κ1) is 45.6. The van der Waals surface area contributed by atoms with Gasteiger partial charge in [0.15, 0.2) is 29.8 Å². The number of rotatable bonds is 14. The molecule has 18 heteroatoms. The maximum absolute atomic E-state index is 12.4. The lowest BCUT2D eigenvalue weighted by Crippen LogP contribution is -2.62. The summed E-state index contributed by atoms with van der Waals surface area (Å²) in [4.78, 5) is 53.0. The molecule has 9 atom stereocenters. The molecule has 0 amide bonds. The fraction of sp³-hybridized carbons (Fsp3) is 0.395. The molecule has 1 unspecified atom stereocenters. The normalized spacial score (nSPS) is 24.9. The Bertz CT molecular complexity index is 2190. The molecule has 6 rings (SSSR count). The van der Waals surface area contributed by atoms with Crippen LogP contribution in [0.2, 0.25) is 10.3 Å². The van der Waals surface area contributed by atoms with Crippen LogP contribution in [0.25, 0.3) is 0 Å². The standard InChI is InChI=1S/C43H45Cl2N3O12S/c1-23(50)54-21-34-39(56-25(3)52)40(57-26(4)53)38(55-24(2)51)32(58-34)18-35(61)47-31-12-8-11-30(17-31)43-59-33(19-48-22-46-41(44)42(48)45)36(28-9-6-5-7-10-28)37(60-43)29-15-13-27(20-49)14-16-29/h5-17,22,32-34,36-40,43,49H,18-21H2,1-4H3,(H,47,61)/t32-,33+,34+,36+,37-,38-,39+,40+,43?/m0/s1. The second kappa shape index (κ2) is 20.8. The van der Waals surface area contributed by atoms with Crippen LogP contribution in [0, 0.1) is 0 Å². The van der Waals surface area contributed by atoms with Crippen LogP contribution in [0.5, 0.6) is 0 Å². The Kier molecular flexibility index (Phi) is 15.5. The number of nitrogens with zero attached hydrogens (tertiary/aromatic N) is 2. The highest BCUT2D eigenvalue weighted by molar-refractivity contribution is 7.80. The first-order chi connectivity index (χ1) is 29.2. The van der Waals surface area contributed by atoms with Crippen LogP contribution in [0.4, 0.5) is 5.69 Å². The number of thiocarbonyl (C=S) groups is 1. The highest BCUT2D eigenvalue weighted by Crippen LogP contribution is 2.48. The van der Waals surface area contributed by atoms with Crippen LogP contribution in [0.15, 0.2) is 85.2 Å². The van der Waals surface area contributed by atoms with Gasteiger partial charge in [-0.2, -0.15) is 0 Å². The van der Waals surface area contributed by atoms with E-state index in [1.807, 2.05) is 66.7 Å². The molecule has 2 aliphatic heterocycles. The van der Waals surface area contributed by atoms with Gasteiger partial charge in [-0.3, -0.25) is 19.2 Å². The van der Waals surface area contributed by atoms with E-state index < -0.39 is 72.9 Å². The summed E-state index contributed by atoms with van der Waals surface area (Å²) >= 11 is 18.6. The van der Waals surface area contributed by atoms with Crippen molar-refractivity contribution in [2.24, 2.45) is 0 Å². The number of carbonyl (C=O) groups excluding carboxylic acids is 4. The fourth-order valence-corrected chi connectivity index (χ4v) is 8.07. The number of hydrogen-bond donors (Lipinski definition) is 2. The number of nitrogens with one attached hydrogen (secondary N) is 1. The molecule has 2 saturated heterocycles. The molecule has 4 aromatic rings. The van der Waals surface area contributed by atoms with E-state index in [0.29, 0.717) is 11.3 Å². The van der Waals surface area contributed by atoms with Gasteiger partial charge in [0.25, 0.3) is 0 Å². The molecule has 3 heterocycles. The molecule has 61 heavy (non-hydrogen) atoms. The van der Waals surface area contributed by atoms with E-state index in [-0.39, 0.29) is 47.4 Å². The van der Waals surface area contributed by atoms with E-state index >= 15 is 0 Å².